The van der Waals surface area contributed by atoms with Crippen LogP contribution in [0.5, 0.6) is 0 Å². The Kier molecular flexibility index (Phi) is 6.06. The Morgan fingerprint density at radius 1 is 1.00 bits per heavy atom. The van der Waals surface area contributed by atoms with Crippen molar-refractivity contribution in [3.63, 3.8) is 0 Å². The SMILES string of the molecule is CC(C)(C)OC(=O)CN1C(=O)CCc2cc(-c3ccc4nnc(Cc5ccc6ncccc6c5)n4n3)ccc21. The zero-order chi connectivity index (χ0) is 27.1. The quantitative estimate of drug-likeness (QED) is 0.313. The van der Waals surface area contributed by atoms with Crippen molar-refractivity contribution in [3.05, 3.63) is 83.8 Å². The molecule has 0 radical (unpaired) electrons. The van der Waals surface area contributed by atoms with Crippen LogP contribution in [0.15, 0.2) is 66.9 Å². The molecule has 39 heavy (non-hydrogen) atoms. The second-order valence-corrected chi connectivity index (χ2v) is 10.7. The van der Waals surface area contributed by atoms with E-state index in [1.165, 1.54) is 4.90 Å². The Balaban J connectivity index is 1.28. The predicted molar refractivity (Wildman–Crippen MR) is 147 cm³/mol. The van der Waals surface area contributed by atoms with Gasteiger partial charge in [0.2, 0.25) is 5.91 Å². The van der Waals surface area contributed by atoms with Crippen LogP contribution >= 0.6 is 0 Å². The van der Waals surface area contributed by atoms with Gasteiger partial charge in [-0.1, -0.05) is 18.2 Å². The van der Waals surface area contributed by atoms with Crippen molar-refractivity contribution in [2.24, 2.45) is 0 Å². The lowest BCUT2D eigenvalue weighted by molar-refractivity contribution is -0.153. The van der Waals surface area contributed by atoms with Gasteiger partial charge in [0.15, 0.2) is 11.5 Å². The summed E-state index contributed by atoms with van der Waals surface area (Å²) >= 11 is 0. The third kappa shape index (κ3) is 5.07. The van der Waals surface area contributed by atoms with Crippen molar-refractivity contribution in [1.82, 2.24) is 24.8 Å². The van der Waals surface area contributed by atoms with Gasteiger partial charge in [-0.25, -0.2) is 0 Å². The largest absolute Gasteiger partial charge is 0.459 e. The number of hydrogen-bond donors (Lipinski definition) is 0. The molecule has 0 atom stereocenters. The number of benzene rings is 2. The number of nitrogens with zero attached hydrogens (tertiary/aromatic N) is 6. The van der Waals surface area contributed by atoms with Crippen LogP contribution in [0.4, 0.5) is 5.69 Å². The fourth-order valence-corrected chi connectivity index (χ4v) is 4.91. The first kappa shape index (κ1) is 24.7. The average Bonchev–Trinajstić information content (AvgIpc) is 3.31. The van der Waals surface area contributed by atoms with Crippen LogP contribution in [0.3, 0.4) is 0 Å². The molecule has 0 saturated carbocycles. The number of amides is 1. The highest BCUT2D eigenvalue weighted by atomic mass is 16.6. The Bertz CT molecular complexity index is 1740. The van der Waals surface area contributed by atoms with Gasteiger partial charge in [-0.3, -0.25) is 14.6 Å². The van der Waals surface area contributed by atoms with Gasteiger partial charge < -0.3 is 9.64 Å². The molecule has 1 aliphatic heterocycles. The van der Waals surface area contributed by atoms with Gasteiger partial charge in [0, 0.05) is 35.7 Å². The van der Waals surface area contributed by atoms with E-state index in [1.807, 2.05) is 75.4 Å². The van der Waals surface area contributed by atoms with E-state index in [4.69, 9.17) is 9.84 Å². The molecule has 9 nitrogen and oxygen atoms in total. The van der Waals surface area contributed by atoms with Crippen molar-refractivity contribution < 1.29 is 14.3 Å². The van der Waals surface area contributed by atoms with E-state index in [2.05, 4.69) is 21.2 Å². The number of anilines is 1. The third-order valence-corrected chi connectivity index (χ3v) is 6.64. The molecule has 196 valence electrons. The van der Waals surface area contributed by atoms with E-state index in [0.29, 0.717) is 24.9 Å². The lowest BCUT2D eigenvalue weighted by Crippen LogP contribution is -2.41. The first-order chi connectivity index (χ1) is 18.7. The number of hydrogen-bond acceptors (Lipinski definition) is 7. The van der Waals surface area contributed by atoms with Crippen molar-refractivity contribution >= 4 is 34.1 Å². The number of rotatable bonds is 5. The number of aromatic nitrogens is 5. The van der Waals surface area contributed by atoms with Gasteiger partial charge in [-0.05, 0) is 80.8 Å². The molecular weight excluding hydrogens is 492 g/mol. The monoisotopic (exact) mass is 520 g/mol. The molecule has 0 N–H and O–H groups in total. The molecule has 1 aliphatic rings. The predicted octanol–water partition coefficient (Wildman–Crippen LogP) is 4.55. The highest BCUT2D eigenvalue weighted by Gasteiger charge is 2.28. The molecule has 0 fully saturated rings. The summed E-state index contributed by atoms with van der Waals surface area (Å²) in [6.07, 6.45) is 3.30. The van der Waals surface area contributed by atoms with Crippen LogP contribution in [0.2, 0.25) is 0 Å². The van der Waals surface area contributed by atoms with E-state index in [1.54, 1.807) is 10.7 Å². The molecule has 2 aromatic carbocycles. The first-order valence-corrected chi connectivity index (χ1v) is 12.9. The standard InChI is InChI=1S/C30H28N6O3/c1-30(2,3)39-29(38)18-35-25-11-7-21(17-22(25)8-13-28(35)37)24-10-12-26-32-33-27(36(26)34-24)16-19-6-9-23-20(15-19)5-4-14-31-23/h4-7,9-12,14-15,17H,8,13,16,18H2,1-3H3. The first-order valence-electron chi connectivity index (χ1n) is 12.9. The zero-order valence-corrected chi connectivity index (χ0v) is 22.1. The van der Waals surface area contributed by atoms with Crippen LogP contribution in [0.25, 0.3) is 27.8 Å². The lowest BCUT2D eigenvalue weighted by atomic mass is 9.97. The van der Waals surface area contributed by atoms with Crippen LogP contribution in [-0.4, -0.2) is 48.8 Å². The van der Waals surface area contributed by atoms with E-state index in [-0.39, 0.29) is 12.5 Å². The number of esters is 1. The molecule has 5 aromatic rings. The smallest absolute Gasteiger partial charge is 0.326 e. The number of carbonyl (C=O) groups excluding carboxylic acids is 2. The molecule has 0 aliphatic carbocycles. The minimum Gasteiger partial charge on any atom is -0.459 e. The Labute approximate surface area is 225 Å². The molecule has 0 bridgehead atoms. The lowest BCUT2D eigenvalue weighted by Gasteiger charge is -2.30. The summed E-state index contributed by atoms with van der Waals surface area (Å²) in [4.78, 5) is 31.0. The molecule has 4 heterocycles. The summed E-state index contributed by atoms with van der Waals surface area (Å²) in [6.45, 7) is 5.33. The summed E-state index contributed by atoms with van der Waals surface area (Å²) < 4.78 is 7.22. The minimum absolute atomic E-state index is 0.0840. The van der Waals surface area contributed by atoms with E-state index in [9.17, 15) is 9.59 Å². The Morgan fingerprint density at radius 2 is 1.87 bits per heavy atom. The molecule has 0 unspecified atom stereocenters. The Hall–Kier alpha value is -4.66. The number of aryl methyl sites for hydroxylation is 1. The summed E-state index contributed by atoms with van der Waals surface area (Å²) in [7, 11) is 0. The van der Waals surface area contributed by atoms with E-state index >= 15 is 0 Å². The molecule has 1 amide bonds. The Morgan fingerprint density at radius 3 is 2.72 bits per heavy atom. The molecule has 6 rings (SSSR count). The van der Waals surface area contributed by atoms with Crippen molar-refractivity contribution in [3.8, 4) is 11.3 Å². The number of carbonyl (C=O) groups is 2. The van der Waals surface area contributed by atoms with Gasteiger partial charge in [-0.15, -0.1) is 10.2 Å². The number of ether oxygens (including phenoxy) is 1. The molecule has 3 aromatic heterocycles. The maximum atomic E-state index is 12.7. The van der Waals surface area contributed by atoms with Crippen molar-refractivity contribution in [1.29, 1.82) is 0 Å². The molecule has 9 heteroatoms. The molecule has 0 spiro atoms. The van der Waals surface area contributed by atoms with Crippen molar-refractivity contribution in [2.45, 2.75) is 45.6 Å². The van der Waals surface area contributed by atoms with Crippen LogP contribution in [0.1, 0.15) is 44.1 Å². The summed E-state index contributed by atoms with van der Waals surface area (Å²) in [5, 5.41) is 14.6. The summed E-state index contributed by atoms with van der Waals surface area (Å²) in [5.41, 5.74) is 5.52. The fourth-order valence-electron chi connectivity index (χ4n) is 4.91. The van der Waals surface area contributed by atoms with Gasteiger partial charge in [0.25, 0.3) is 0 Å². The normalized spacial score (nSPS) is 13.6. The van der Waals surface area contributed by atoms with Crippen LogP contribution in [-0.2, 0) is 27.2 Å². The maximum absolute atomic E-state index is 12.7. The second kappa shape index (κ2) is 9.58. The fraction of sp³-hybridized carbons (Fsp3) is 0.267. The van der Waals surface area contributed by atoms with Crippen LogP contribution < -0.4 is 4.90 Å². The highest BCUT2D eigenvalue weighted by Crippen LogP contribution is 2.32. The third-order valence-electron chi connectivity index (χ3n) is 6.64. The van der Waals surface area contributed by atoms with E-state index < -0.39 is 11.6 Å². The minimum atomic E-state index is -0.612. The van der Waals surface area contributed by atoms with E-state index in [0.717, 1.165) is 44.8 Å². The molecule has 0 saturated heterocycles. The number of pyridine rings is 1. The zero-order valence-electron chi connectivity index (χ0n) is 22.1. The second-order valence-electron chi connectivity index (χ2n) is 10.7. The van der Waals surface area contributed by atoms with Gasteiger partial charge in [0.1, 0.15) is 12.1 Å². The summed E-state index contributed by atoms with van der Waals surface area (Å²) in [5.74, 6) is 0.226. The summed E-state index contributed by atoms with van der Waals surface area (Å²) in [6, 6.07) is 19.8. The van der Waals surface area contributed by atoms with Gasteiger partial charge in [-0.2, -0.15) is 9.61 Å². The highest BCUT2D eigenvalue weighted by molar-refractivity contribution is 6.00. The van der Waals surface area contributed by atoms with Gasteiger partial charge in [0.05, 0.1) is 11.2 Å². The number of fused-ring (bicyclic) bond motifs is 3. The topological polar surface area (TPSA) is 103 Å². The average molecular weight is 521 g/mol. The molecular formula is C30H28N6O3. The van der Waals surface area contributed by atoms with Crippen molar-refractivity contribution in [2.75, 3.05) is 11.4 Å². The maximum Gasteiger partial charge on any atom is 0.326 e. The van der Waals surface area contributed by atoms with Crippen LogP contribution in [0, 0.1) is 0 Å². The van der Waals surface area contributed by atoms with Gasteiger partial charge >= 0.3 is 5.97 Å².